The van der Waals surface area contributed by atoms with Crippen LogP contribution in [-0.2, 0) is 14.3 Å². The Kier molecular flexibility index (Phi) is 6.94. The van der Waals surface area contributed by atoms with Crippen molar-refractivity contribution in [3.63, 3.8) is 0 Å². The normalized spacial score (nSPS) is 20.8. The molecule has 1 amide bonds. The molecule has 0 aromatic heterocycles. The first kappa shape index (κ1) is 19.8. The maximum Gasteiger partial charge on any atom is 0.309 e. The maximum absolute atomic E-state index is 12.2. The molecule has 0 saturated heterocycles. The van der Waals surface area contributed by atoms with Gasteiger partial charge >= 0.3 is 5.97 Å². The number of ether oxygens (including phenoxy) is 1. The second-order valence-electron chi connectivity index (χ2n) is 7.77. The van der Waals surface area contributed by atoms with E-state index in [-0.39, 0.29) is 24.4 Å². The van der Waals surface area contributed by atoms with Crippen molar-refractivity contribution >= 4 is 29.3 Å². The molecule has 1 saturated carbocycles. The summed E-state index contributed by atoms with van der Waals surface area (Å²) in [6.07, 6.45) is 5.78. The van der Waals surface area contributed by atoms with Crippen LogP contribution in [0.25, 0.3) is 0 Å². The first-order valence-corrected chi connectivity index (χ1v) is 10.1. The van der Waals surface area contributed by atoms with Gasteiger partial charge in [-0.25, -0.2) is 0 Å². The first-order chi connectivity index (χ1) is 11.8. The first-order valence-electron chi connectivity index (χ1n) is 8.90. The molecule has 0 unspecified atom stereocenters. The number of hydrogen-bond donors (Lipinski definition) is 1. The number of para-hydroxylation sites is 1. The molecule has 1 aromatic rings. The summed E-state index contributed by atoms with van der Waals surface area (Å²) in [4.78, 5) is 25.3. The van der Waals surface area contributed by atoms with Crippen molar-refractivity contribution in [1.82, 2.24) is 0 Å². The lowest BCUT2D eigenvalue weighted by Crippen LogP contribution is -2.31. The molecule has 25 heavy (non-hydrogen) atoms. The van der Waals surface area contributed by atoms with Gasteiger partial charge in [-0.05, 0) is 55.4 Å². The zero-order valence-corrected chi connectivity index (χ0v) is 16.4. The fraction of sp³-hybridized carbons (Fsp3) is 0.600. The van der Waals surface area contributed by atoms with Gasteiger partial charge in [-0.2, -0.15) is 0 Å². The summed E-state index contributed by atoms with van der Waals surface area (Å²) in [5.74, 6) is 0.0617. The van der Waals surface area contributed by atoms with Gasteiger partial charge in [-0.3, -0.25) is 9.59 Å². The van der Waals surface area contributed by atoms with Crippen LogP contribution in [0.2, 0.25) is 0 Å². The van der Waals surface area contributed by atoms with Crippen LogP contribution in [-0.4, -0.2) is 24.7 Å². The Morgan fingerprint density at radius 3 is 2.40 bits per heavy atom. The van der Waals surface area contributed by atoms with Crippen LogP contribution < -0.4 is 5.32 Å². The molecule has 0 heterocycles. The summed E-state index contributed by atoms with van der Waals surface area (Å²) in [5.41, 5.74) is 1.04. The van der Waals surface area contributed by atoms with E-state index in [9.17, 15) is 9.59 Å². The van der Waals surface area contributed by atoms with E-state index in [0.29, 0.717) is 11.3 Å². The van der Waals surface area contributed by atoms with Gasteiger partial charge in [0.2, 0.25) is 0 Å². The maximum atomic E-state index is 12.2. The molecule has 138 valence electrons. The van der Waals surface area contributed by atoms with E-state index in [1.54, 1.807) is 11.8 Å². The van der Waals surface area contributed by atoms with Crippen molar-refractivity contribution in [2.24, 2.45) is 17.3 Å². The minimum atomic E-state index is -0.293. The molecule has 2 rings (SSSR count). The van der Waals surface area contributed by atoms with Crippen molar-refractivity contribution in [3.8, 4) is 0 Å². The zero-order chi connectivity index (χ0) is 18.4. The highest BCUT2D eigenvalue weighted by Gasteiger charge is 2.33. The van der Waals surface area contributed by atoms with Gasteiger partial charge in [-0.15, -0.1) is 11.8 Å². The SMILES string of the molecule is CSc1ccccc1NC(=O)COC(=O)C1CCC(C(C)(C)C)CC1. The lowest BCUT2D eigenvalue weighted by molar-refractivity contribution is -0.153. The van der Waals surface area contributed by atoms with Gasteiger partial charge in [0.25, 0.3) is 5.91 Å². The Morgan fingerprint density at radius 1 is 1.16 bits per heavy atom. The summed E-state index contributed by atoms with van der Waals surface area (Å²) >= 11 is 1.56. The number of amides is 1. The number of thioether (sulfide) groups is 1. The van der Waals surface area contributed by atoms with Crippen molar-refractivity contribution in [3.05, 3.63) is 24.3 Å². The Morgan fingerprint density at radius 2 is 1.80 bits per heavy atom. The van der Waals surface area contributed by atoms with Crippen LogP contribution in [0.15, 0.2) is 29.2 Å². The number of nitrogens with one attached hydrogen (secondary N) is 1. The summed E-state index contributed by atoms with van der Waals surface area (Å²) in [6.45, 7) is 6.55. The molecular formula is C20H29NO3S. The van der Waals surface area contributed by atoms with Crippen LogP contribution in [0.5, 0.6) is 0 Å². The van der Waals surface area contributed by atoms with E-state index in [0.717, 1.165) is 36.3 Å². The molecule has 1 fully saturated rings. The largest absolute Gasteiger partial charge is 0.455 e. The Bertz CT molecular complexity index is 601. The van der Waals surface area contributed by atoms with Gasteiger partial charge in [0.1, 0.15) is 0 Å². The smallest absolute Gasteiger partial charge is 0.309 e. The molecule has 1 aliphatic rings. The van der Waals surface area contributed by atoms with E-state index in [4.69, 9.17) is 4.74 Å². The standard InChI is InChI=1S/C20H29NO3S/c1-20(2,3)15-11-9-14(10-12-15)19(23)24-13-18(22)21-16-7-5-6-8-17(16)25-4/h5-8,14-15H,9-13H2,1-4H3,(H,21,22). The molecule has 1 aromatic carbocycles. The fourth-order valence-electron chi connectivity index (χ4n) is 3.38. The predicted octanol–water partition coefficient (Wildman–Crippen LogP) is 4.74. The van der Waals surface area contributed by atoms with E-state index < -0.39 is 0 Å². The second kappa shape index (κ2) is 8.75. The molecule has 5 heteroatoms. The topological polar surface area (TPSA) is 55.4 Å². The number of carbonyl (C=O) groups excluding carboxylic acids is 2. The van der Waals surface area contributed by atoms with Gasteiger partial charge in [0, 0.05) is 4.90 Å². The highest BCUT2D eigenvalue weighted by molar-refractivity contribution is 7.98. The van der Waals surface area contributed by atoms with Gasteiger partial charge in [0.05, 0.1) is 11.6 Å². The summed E-state index contributed by atoms with van der Waals surface area (Å²) in [5, 5.41) is 2.81. The van der Waals surface area contributed by atoms with E-state index in [2.05, 4.69) is 26.1 Å². The van der Waals surface area contributed by atoms with Gasteiger partial charge in [0.15, 0.2) is 6.61 Å². The number of anilines is 1. The third kappa shape index (κ3) is 5.77. The molecule has 1 aliphatic carbocycles. The lowest BCUT2D eigenvalue weighted by Gasteiger charge is -2.36. The molecule has 0 atom stereocenters. The van der Waals surface area contributed by atoms with E-state index in [1.807, 2.05) is 30.5 Å². The van der Waals surface area contributed by atoms with Gasteiger partial charge in [-0.1, -0.05) is 32.9 Å². The minimum Gasteiger partial charge on any atom is -0.455 e. The molecule has 0 radical (unpaired) electrons. The van der Waals surface area contributed by atoms with E-state index in [1.165, 1.54) is 0 Å². The quantitative estimate of drug-likeness (QED) is 0.606. The molecule has 0 aliphatic heterocycles. The zero-order valence-electron chi connectivity index (χ0n) is 15.6. The third-order valence-electron chi connectivity index (χ3n) is 5.01. The van der Waals surface area contributed by atoms with Crippen LogP contribution in [0.1, 0.15) is 46.5 Å². The number of rotatable bonds is 5. The highest BCUT2D eigenvalue weighted by atomic mass is 32.2. The number of esters is 1. The fourth-order valence-corrected chi connectivity index (χ4v) is 3.94. The van der Waals surface area contributed by atoms with Crippen molar-refractivity contribution < 1.29 is 14.3 Å². The molecular weight excluding hydrogens is 334 g/mol. The number of hydrogen-bond acceptors (Lipinski definition) is 4. The summed E-state index contributed by atoms with van der Waals surface area (Å²) in [6, 6.07) is 7.59. The van der Waals surface area contributed by atoms with Crippen LogP contribution in [0.3, 0.4) is 0 Å². The highest BCUT2D eigenvalue weighted by Crippen LogP contribution is 2.40. The van der Waals surface area contributed by atoms with Crippen LogP contribution in [0, 0.1) is 17.3 Å². The van der Waals surface area contributed by atoms with E-state index >= 15 is 0 Å². The van der Waals surface area contributed by atoms with Crippen molar-refractivity contribution in [1.29, 1.82) is 0 Å². The molecule has 1 N–H and O–H groups in total. The monoisotopic (exact) mass is 363 g/mol. The van der Waals surface area contributed by atoms with Crippen molar-refractivity contribution in [2.75, 3.05) is 18.2 Å². The Labute approximate surface area is 155 Å². The number of carbonyl (C=O) groups is 2. The van der Waals surface area contributed by atoms with Gasteiger partial charge < -0.3 is 10.1 Å². The minimum absolute atomic E-state index is 0.0649. The van der Waals surface area contributed by atoms with Crippen molar-refractivity contribution in [2.45, 2.75) is 51.3 Å². The molecule has 0 spiro atoms. The number of benzene rings is 1. The summed E-state index contributed by atoms with van der Waals surface area (Å²) in [7, 11) is 0. The lowest BCUT2D eigenvalue weighted by atomic mass is 9.70. The summed E-state index contributed by atoms with van der Waals surface area (Å²) < 4.78 is 5.25. The Hall–Kier alpha value is -1.49. The average molecular weight is 364 g/mol. The van der Waals surface area contributed by atoms with Crippen LogP contribution in [0.4, 0.5) is 5.69 Å². The average Bonchev–Trinajstić information content (AvgIpc) is 2.59. The predicted molar refractivity (Wildman–Crippen MR) is 103 cm³/mol. The Balaban J connectivity index is 1.77. The van der Waals surface area contributed by atoms with Crippen LogP contribution >= 0.6 is 11.8 Å². The molecule has 4 nitrogen and oxygen atoms in total. The second-order valence-corrected chi connectivity index (χ2v) is 8.62. The third-order valence-corrected chi connectivity index (χ3v) is 5.81. The molecule has 0 bridgehead atoms.